The van der Waals surface area contributed by atoms with Crippen LogP contribution in [0.4, 0.5) is 0 Å². The van der Waals surface area contributed by atoms with E-state index in [1.807, 2.05) is 14.2 Å². The van der Waals surface area contributed by atoms with Crippen molar-refractivity contribution in [3.8, 4) is 33.8 Å². The van der Waals surface area contributed by atoms with Gasteiger partial charge in [-0.05, 0) is 102 Å². The summed E-state index contributed by atoms with van der Waals surface area (Å²) in [5.74, 6) is 3.64. The molecule has 4 bridgehead atoms. The Bertz CT molecular complexity index is 2420. The van der Waals surface area contributed by atoms with E-state index in [0.717, 1.165) is 24.3 Å². The molecule has 2 nitrogen and oxygen atoms in total. The van der Waals surface area contributed by atoms with Crippen LogP contribution in [-0.4, -0.2) is 14.2 Å². The molecule has 7 aromatic carbocycles. The zero-order chi connectivity index (χ0) is 30.0. The highest BCUT2D eigenvalue weighted by atomic mass is 16.5. The van der Waals surface area contributed by atoms with Gasteiger partial charge in [0.15, 0.2) is 0 Å². The molecule has 46 heavy (non-hydrogen) atoms. The molecule has 5 aliphatic carbocycles. The minimum absolute atomic E-state index is 0.331. The Morgan fingerprint density at radius 3 is 1.22 bits per heavy atom. The number of methoxy groups -OCH3 is 2. The van der Waals surface area contributed by atoms with Crippen molar-refractivity contribution in [1.29, 1.82) is 0 Å². The van der Waals surface area contributed by atoms with Gasteiger partial charge >= 0.3 is 0 Å². The van der Waals surface area contributed by atoms with Crippen molar-refractivity contribution < 1.29 is 9.47 Å². The van der Waals surface area contributed by atoms with Crippen LogP contribution >= 0.6 is 0 Å². The highest BCUT2D eigenvalue weighted by molar-refractivity contribution is 6.17. The molecule has 4 atom stereocenters. The van der Waals surface area contributed by atoms with E-state index in [2.05, 4.69) is 97.1 Å². The molecule has 0 fully saturated rings. The van der Waals surface area contributed by atoms with Gasteiger partial charge in [-0.15, -0.1) is 0 Å². The predicted octanol–water partition coefficient (Wildman–Crippen LogP) is 10.8. The van der Waals surface area contributed by atoms with Gasteiger partial charge in [-0.3, -0.25) is 0 Å². The second kappa shape index (κ2) is 8.00. The first-order valence-electron chi connectivity index (χ1n) is 16.7. The van der Waals surface area contributed by atoms with Crippen LogP contribution in [0.3, 0.4) is 0 Å². The van der Waals surface area contributed by atoms with E-state index in [9.17, 15) is 0 Å². The zero-order valence-corrected chi connectivity index (χ0v) is 25.8. The fourth-order valence-corrected chi connectivity index (χ4v) is 10.8. The molecular formula is C44H30O2. The summed E-state index contributed by atoms with van der Waals surface area (Å²) >= 11 is 0. The molecule has 0 amide bonds. The standard InChI is InChI=1S/C44H30O2/c1-45-43-39-34-19-35(31-14-23-8-4-3-7-22(23)13-30(31)34)40(39)44(46-2)42-37-20-36(41(42)43)32-17-24-15-28-26-11-5-9-21-10-6-12-27(38(21)26)29(28)16-25(24)18-33(32)37/h3-18,34-37H,19-20H2,1-2H3. The summed E-state index contributed by atoms with van der Waals surface area (Å²) in [6, 6.07) is 37.1. The maximum absolute atomic E-state index is 6.48. The lowest BCUT2D eigenvalue weighted by Crippen LogP contribution is -2.14. The summed E-state index contributed by atoms with van der Waals surface area (Å²) < 4.78 is 13.0. The van der Waals surface area contributed by atoms with Gasteiger partial charge in [0.05, 0.1) is 14.2 Å². The fraction of sp³-hybridized carbons (Fsp3) is 0.182. The molecule has 0 saturated carbocycles. The van der Waals surface area contributed by atoms with E-state index in [-0.39, 0.29) is 0 Å². The molecular weight excluding hydrogens is 560 g/mol. The van der Waals surface area contributed by atoms with E-state index < -0.39 is 0 Å². The van der Waals surface area contributed by atoms with Gasteiger partial charge in [0.1, 0.15) is 11.5 Å². The Balaban J connectivity index is 1.07. The van der Waals surface area contributed by atoms with Gasteiger partial charge in [-0.1, -0.05) is 84.9 Å². The molecule has 0 radical (unpaired) electrons. The minimum atomic E-state index is 0.331. The van der Waals surface area contributed by atoms with Crippen molar-refractivity contribution in [2.45, 2.75) is 36.5 Å². The maximum atomic E-state index is 6.48. The number of benzene rings is 7. The van der Waals surface area contributed by atoms with Crippen molar-refractivity contribution in [2.75, 3.05) is 14.2 Å². The molecule has 0 aliphatic heterocycles. The number of rotatable bonds is 2. The van der Waals surface area contributed by atoms with Crippen LogP contribution in [0.15, 0.2) is 97.1 Å². The summed E-state index contributed by atoms with van der Waals surface area (Å²) in [7, 11) is 3.79. The molecule has 218 valence electrons. The number of ether oxygens (including phenoxy) is 2. The lowest BCUT2D eigenvalue weighted by molar-refractivity contribution is 0.388. The third-order valence-electron chi connectivity index (χ3n) is 12.4. The lowest BCUT2D eigenvalue weighted by Gasteiger charge is -2.31. The SMILES string of the molecule is COc1c2c(c(OC)c3c1C1CC3c3cc4cc5c(cc4cc31)-c1cccc3cccc-5c13)C1CC2c2cc3ccccc3cc21. The van der Waals surface area contributed by atoms with Crippen LogP contribution in [0.25, 0.3) is 54.6 Å². The van der Waals surface area contributed by atoms with Crippen molar-refractivity contribution in [3.63, 3.8) is 0 Å². The van der Waals surface area contributed by atoms with E-state index in [4.69, 9.17) is 9.47 Å². The first kappa shape index (κ1) is 24.2. The van der Waals surface area contributed by atoms with E-state index >= 15 is 0 Å². The number of hydrogen-bond donors (Lipinski definition) is 0. The van der Waals surface area contributed by atoms with Gasteiger partial charge in [0.25, 0.3) is 0 Å². The second-order valence-corrected chi connectivity index (χ2v) is 14.2. The summed E-state index contributed by atoms with van der Waals surface area (Å²) in [5, 5.41) is 8.04. The van der Waals surface area contributed by atoms with Crippen LogP contribution in [0, 0.1) is 0 Å². The highest BCUT2D eigenvalue weighted by Gasteiger charge is 2.53. The minimum Gasteiger partial charge on any atom is -0.496 e. The number of fused-ring (bicyclic) bond motifs is 21. The summed E-state index contributed by atoms with van der Waals surface area (Å²) in [5.41, 5.74) is 16.9. The first-order valence-corrected chi connectivity index (χ1v) is 16.7. The van der Waals surface area contributed by atoms with Crippen LogP contribution in [0.2, 0.25) is 0 Å². The summed E-state index contributed by atoms with van der Waals surface area (Å²) in [4.78, 5) is 0. The molecule has 5 aliphatic rings. The summed E-state index contributed by atoms with van der Waals surface area (Å²) in [6.45, 7) is 0. The van der Waals surface area contributed by atoms with Gasteiger partial charge in [0.2, 0.25) is 0 Å². The molecule has 0 heterocycles. The van der Waals surface area contributed by atoms with Crippen molar-refractivity contribution >= 4 is 32.3 Å². The van der Waals surface area contributed by atoms with Crippen LogP contribution < -0.4 is 9.47 Å². The van der Waals surface area contributed by atoms with Crippen molar-refractivity contribution in [2.24, 2.45) is 0 Å². The first-order chi connectivity index (χ1) is 22.7. The van der Waals surface area contributed by atoms with Gasteiger partial charge < -0.3 is 9.47 Å². The molecule has 0 spiro atoms. The third kappa shape index (κ3) is 2.63. The zero-order valence-electron chi connectivity index (χ0n) is 25.8. The van der Waals surface area contributed by atoms with Gasteiger partial charge in [0, 0.05) is 45.9 Å². The maximum Gasteiger partial charge on any atom is 0.127 e. The predicted molar refractivity (Wildman–Crippen MR) is 186 cm³/mol. The normalized spacial score (nSPS) is 21.5. The Hall–Kier alpha value is -5.08. The van der Waals surface area contributed by atoms with Crippen LogP contribution in [0.1, 0.15) is 81.0 Å². The third-order valence-corrected chi connectivity index (χ3v) is 12.4. The molecule has 7 aromatic rings. The molecule has 4 unspecified atom stereocenters. The summed E-state index contributed by atoms with van der Waals surface area (Å²) in [6.07, 6.45) is 2.22. The average molecular weight is 591 g/mol. The molecule has 0 N–H and O–H groups in total. The monoisotopic (exact) mass is 590 g/mol. The van der Waals surface area contributed by atoms with E-state index in [1.54, 1.807) is 0 Å². The highest BCUT2D eigenvalue weighted by Crippen LogP contribution is 2.69. The quantitative estimate of drug-likeness (QED) is 0.199. The molecule has 0 aromatic heterocycles. The molecule has 0 saturated heterocycles. The largest absolute Gasteiger partial charge is 0.496 e. The topological polar surface area (TPSA) is 18.5 Å². The van der Waals surface area contributed by atoms with E-state index in [0.29, 0.717) is 23.7 Å². The lowest BCUT2D eigenvalue weighted by atomic mass is 9.76. The average Bonchev–Trinajstić information content (AvgIpc) is 3.91. The van der Waals surface area contributed by atoms with Gasteiger partial charge in [-0.2, -0.15) is 0 Å². The van der Waals surface area contributed by atoms with Crippen LogP contribution in [0.5, 0.6) is 11.5 Å². The van der Waals surface area contributed by atoms with Crippen molar-refractivity contribution in [3.05, 3.63) is 142 Å². The Morgan fingerprint density at radius 2 is 0.804 bits per heavy atom. The molecule has 12 rings (SSSR count). The Morgan fingerprint density at radius 1 is 0.413 bits per heavy atom. The van der Waals surface area contributed by atoms with Crippen LogP contribution in [-0.2, 0) is 0 Å². The van der Waals surface area contributed by atoms with Gasteiger partial charge in [-0.25, -0.2) is 0 Å². The second-order valence-electron chi connectivity index (χ2n) is 14.2. The fourth-order valence-electron chi connectivity index (χ4n) is 10.8. The Labute approximate surface area is 267 Å². The van der Waals surface area contributed by atoms with Crippen molar-refractivity contribution in [1.82, 2.24) is 0 Å². The number of hydrogen-bond acceptors (Lipinski definition) is 2. The molecule has 2 heteroatoms. The Kier molecular flexibility index (Phi) is 4.21. The van der Waals surface area contributed by atoms with E-state index in [1.165, 1.54) is 99.1 Å². The smallest absolute Gasteiger partial charge is 0.127 e.